The van der Waals surface area contributed by atoms with E-state index in [1.165, 1.54) is 0 Å². The molecule has 0 unspecified atom stereocenters. The van der Waals surface area contributed by atoms with E-state index in [-0.39, 0.29) is 0 Å². The maximum absolute atomic E-state index is 4.34. The van der Waals surface area contributed by atoms with Crippen molar-refractivity contribution in [3.63, 3.8) is 0 Å². The van der Waals surface area contributed by atoms with Crippen LogP contribution in [-0.4, -0.2) is 25.6 Å². The molecule has 0 aliphatic heterocycles. The summed E-state index contributed by atoms with van der Waals surface area (Å²) in [5.41, 5.74) is 1.10. The molecule has 0 spiro atoms. The smallest absolute Gasteiger partial charge is 0.207 e. The fraction of sp³-hybridized carbons (Fsp3) is 0.143. The van der Waals surface area contributed by atoms with Crippen molar-refractivity contribution in [1.29, 1.82) is 0 Å². The molecule has 0 saturated carbocycles. The first-order valence-electron chi connectivity index (χ1n) is 6.22. The highest BCUT2D eigenvalue weighted by Crippen LogP contribution is 2.13. The van der Waals surface area contributed by atoms with Crippen LogP contribution in [0.3, 0.4) is 0 Å². The number of nitrogens with zero attached hydrogens (tertiary/aromatic N) is 4. The Kier molecular flexibility index (Phi) is 3.27. The number of imidazole rings is 2. The summed E-state index contributed by atoms with van der Waals surface area (Å²) < 4.78 is 4.07. The number of nitrogens with one attached hydrogen (secondary N) is 1. The molecule has 5 heteroatoms. The zero-order chi connectivity index (χ0) is 12.9. The maximum atomic E-state index is 4.34. The molecule has 0 radical (unpaired) electrons. The van der Waals surface area contributed by atoms with Crippen molar-refractivity contribution in [3.8, 4) is 5.69 Å². The maximum Gasteiger partial charge on any atom is 0.207 e. The minimum absolute atomic E-state index is 0.806. The van der Waals surface area contributed by atoms with Gasteiger partial charge in [0.1, 0.15) is 0 Å². The van der Waals surface area contributed by atoms with Gasteiger partial charge in [-0.1, -0.05) is 18.2 Å². The molecule has 0 aliphatic rings. The summed E-state index contributed by atoms with van der Waals surface area (Å²) in [5.74, 6) is 0.853. The lowest BCUT2D eigenvalue weighted by Gasteiger charge is -2.09. The Morgan fingerprint density at radius 1 is 1.05 bits per heavy atom. The highest BCUT2D eigenvalue weighted by atomic mass is 15.2. The van der Waals surface area contributed by atoms with Crippen LogP contribution in [0.2, 0.25) is 0 Å². The Morgan fingerprint density at radius 2 is 1.95 bits per heavy atom. The van der Waals surface area contributed by atoms with Crippen molar-refractivity contribution in [2.45, 2.75) is 6.54 Å². The molecule has 3 aromatic rings. The van der Waals surface area contributed by atoms with E-state index in [0.29, 0.717) is 0 Å². The summed E-state index contributed by atoms with van der Waals surface area (Å²) >= 11 is 0. The van der Waals surface area contributed by atoms with Crippen LogP contribution in [0.5, 0.6) is 0 Å². The summed E-state index contributed by atoms with van der Waals surface area (Å²) in [7, 11) is 0. The average Bonchev–Trinajstić information content (AvgIpc) is 3.11. The predicted octanol–water partition coefficient (Wildman–Crippen LogP) is 2.18. The first kappa shape index (κ1) is 11.5. The third-order valence-corrected chi connectivity index (χ3v) is 2.89. The summed E-state index contributed by atoms with van der Waals surface area (Å²) in [6.45, 7) is 1.67. The van der Waals surface area contributed by atoms with Crippen LogP contribution < -0.4 is 5.32 Å². The second-order valence-electron chi connectivity index (χ2n) is 4.18. The van der Waals surface area contributed by atoms with Gasteiger partial charge in [-0.2, -0.15) is 0 Å². The number of anilines is 1. The highest BCUT2D eigenvalue weighted by Gasteiger charge is 2.03. The molecule has 2 heterocycles. The number of para-hydroxylation sites is 1. The van der Waals surface area contributed by atoms with E-state index < -0.39 is 0 Å². The van der Waals surface area contributed by atoms with Gasteiger partial charge in [0.25, 0.3) is 0 Å². The monoisotopic (exact) mass is 253 g/mol. The summed E-state index contributed by atoms with van der Waals surface area (Å²) in [4.78, 5) is 8.36. The van der Waals surface area contributed by atoms with Crippen molar-refractivity contribution in [2.24, 2.45) is 0 Å². The number of benzene rings is 1. The van der Waals surface area contributed by atoms with Crippen LogP contribution in [0.25, 0.3) is 5.69 Å². The van der Waals surface area contributed by atoms with E-state index in [1.54, 1.807) is 12.4 Å². The van der Waals surface area contributed by atoms with Crippen molar-refractivity contribution in [2.75, 3.05) is 11.9 Å². The average molecular weight is 253 g/mol. The standard InChI is InChI=1S/C14H15N5/c1-2-4-13(5-3-1)19-11-8-17-14(19)16-7-10-18-9-6-15-12-18/h1-6,8-9,11-12H,7,10H2,(H,16,17). The largest absolute Gasteiger partial charge is 0.354 e. The molecule has 5 nitrogen and oxygen atoms in total. The van der Waals surface area contributed by atoms with E-state index in [4.69, 9.17) is 0 Å². The molecule has 0 atom stereocenters. The van der Waals surface area contributed by atoms with Gasteiger partial charge in [-0.15, -0.1) is 0 Å². The molecule has 0 aliphatic carbocycles. The molecular formula is C14H15N5. The molecule has 0 amide bonds. The lowest BCUT2D eigenvalue weighted by molar-refractivity contribution is 0.722. The van der Waals surface area contributed by atoms with Gasteiger partial charge in [0.2, 0.25) is 5.95 Å². The zero-order valence-corrected chi connectivity index (χ0v) is 10.5. The van der Waals surface area contributed by atoms with E-state index in [0.717, 1.165) is 24.7 Å². The summed E-state index contributed by atoms with van der Waals surface area (Å²) in [6.07, 6.45) is 9.29. The van der Waals surface area contributed by atoms with Gasteiger partial charge < -0.3 is 9.88 Å². The second kappa shape index (κ2) is 5.39. The van der Waals surface area contributed by atoms with Crippen LogP contribution in [0, 0.1) is 0 Å². The Labute approximate surface area is 111 Å². The SMILES string of the molecule is c1ccc(-n2ccnc2NCCn2ccnc2)cc1. The first-order valence-corrected chi connectivity index (χ1v) is 6.22. The summed E-state index contributed by atoms with van der Waals surface area (Å²) in [6, 6.07) is 10.2. The Morgan fingerprint density at radius 3 is 2.74 bits per heavy atom. The van der Waals surface area contributed by atoms with E-state index in [9.17, 15) is 0 Å². The lowest BCUT2D eigenvalue weighted by atomic mass is 10.3. The Bertz CT molecular complexity index is 612. The molecule has 1 N–H and O–H groups in total. The molecule has 1 aromatic carbocycles. The van der Waals surface area contributed by atoms with Gasteiger partial charge in [0, 0.05) is 43.6 Å². The topological polar surface area (TPSA) is 47.7 Å². The molecule has 0 bridgehead atoms. The van der Waals surface area contributed by atoms with Gasteiger partial charge in [-0.25, -0.2) is 9.97 Å². The molecule has 2 aromatic heterocycles. The van der Waals surface area contributed by atoms with Crippen LogP contribution >= 0.6 is 0 Å². The molecule has 0 fully saturated rings. The quantitative estimate of drug-likeness (QED) is 0.758. The number of hydrogen-bond acceptors (Lipinski definition) is 3. The van der Waals surface area contributed by atoms with Gasteiger partial charge in [-0.3, -0.25) is 4.57 Å². The van der Waals surface area contributed by atoms with E-state index in [1.807, 2.05) is 46.1 Å². The Balaban J connectivity index is 1.67. The van der Waals surface area contributed by atoms with Gasteiger partial charge in [0.05, 0.1) is 6.33 Å². The zero-order valence-electron chi connectivity index (χ0n) is 10.5. The van der Waals surface area contributed by atoms with Crippen molar-refractivity contribution >= 4 is 5.95 Å². The van der Waals surface area contributed by atoms with Crippen LogP contribution in [0.4, 0.5) is 5.95 Å². The fourth-order valence-electron chi connectivity index (χ4n) is 1.95. The number of hydrogen-bond donors (Lipinski definition) is 1. The third kappa shape index (κ3) is 2.65. The van der Waals surface area contributed by atoms with Crippen LogP contribution in [-0.2, 0) is 6.54 Å². The first-order chi connectivity index (χ1) is 9.43. The molecule has 96 valence electrons. The van der Waals surface area contributed by atoms with Gasteiger partial charge >= 0.3 is 0 Å². The van der Waals surface area contributed by atoms with E-state index >= 15 is 0 Å². The molecule has 0 saturated heterocycles. The normalized spacial score (nSPS) is 10.5. The minimum Gasteiger partial charge on any atom is -0.354 e. The highest BCUT2D eigenvalue weighted by molar-refractivity contribution is 5.41. The van der Waals surface area contributed by atoms with Gasteiger partial charge in [-0.05, 0) is 12.1 Å². The Hall–Kier alpha value is -2.56. The lowest BCUT2D eigenvalue weighted by Crippen LogP contribution is -2.12. The molecular weight excluding hydrogens is 238 g/mol. The van der Waals surface area contributed by atoms with Gasteiger partial charge in [0.15, 0.2) is 0 Å². The second-order valence-corrected chi connectivity index (χ2v) is 4.18. The molecule has 3 rings (SSSR count). The van der Waals surface area contributed by atoms with Crippen LogP contribution in [0.15, 0.2) is 61.4 Å². The number of aromatic nitrogens is 4. The predicted molar refractivity (Wildman–Crippen MR) is 74.3 cm³/mol. The number of rotatable bonds is 5. The van der Waals surface area contributed by atoms with Crippen molar-refractivity contribution in [1.82, 2.24) is 19.1 Å². The minimum atomic E-state index is 0.806. The third-order valence-electron chi connectivity index (χ3n) is 2.89. The van der Waals surface area contributed by atoms with Crippen LogP contribution in [0.1, 0.15) is 0 Å². The summed E-state index contributed by atoms with van der Waals surface area (Å²) in [5, 5.41) is 3.33. The fourth-order valence-corrected chi connectivity index (χ4v) is 1.95. The van der Waals surface area contributed by atoms with E-state index in [2.05, 4.69) is 27.4 Å². The molecule has 19 heavy (non-hydrogen) atoms. The van der Waals surface area contributed by atoms with Crippen molar-refractivity contribution < 1.29 is 0 Å². The van der Waals surface area contributed by atoms with Crippen molar-refractivity contribution in [3.05, 3.63) is 61.4 Å².